The molecule has 12 heteroatoms. The van der Waals surface area contributed by atoms with Crippen LogP contribution in [0.1, 0.15) is 83.5 Å². The summed E-state index contributed by atoms with van der Waals surface area (Å²) in [7, 11) is 2.56. The third kappa shape index (κ3) is 11.9. The molecule has 2 fully saturated rings. The normalized spacial score (nSPS) is 15.0. The Balaban J connectivity index is 0.000000305. The van der Waals surface area contributed by atoms with Crippen molar-refractivity contribution < 1.29 is 28.7 Å². The fourth-order valence-electron chi connectivity index (χ4n) is 6.66. The Morgan fingerprint density at radius 3 is 1.88 bits per heavy atom. The number of rotatable bonds is 7. The number of H-pyrrole nitrogens is 1. The van der Waals surface area contributed by atoms with Gasteiger partial charge in [0.2, 0.25) is 11.8 Å². The average Bonchev–Trinajstić information content (AvgIpc) is 4.06. The highest BCUT2D eigenvalue weighted by molar-refractivity contribution is 5.88. The lowest BCUT2D eigenvalue weighted by atomic mass is 9.98. The summed E-state index contributed by atoms with van der Waals surface area (Å²) in [6, 6.07) is 23.6. The zero-order chi connectivity index (χ0) is 40.5. The molecule has 3 aliphatic heterocycles. The number of ether oxygens (including phenoxy) is 2. The molecule has 0 bridgehead atoms. The maximum atomic E-state index is 12.7. The monoisotopic (exact) mass is 766 g/mol. The number of aromatic nitrogens is 1. The molecule has 3 aliphatic rings. The van der Waals surface area contributed by atoms with Gasteiger partial charge in [-0.25, -0.2) is 9.59 Å². The van der Waals surface area contributed by atoms with Gasteiger partial charge in [-0.3, -0.25) is 14.6 Å². The number of fused-ring (bicyclic) bond motifs is 2. The third-order valence-corrected chi connectivity index (χ3v) is 9.35. The molecule has 3 N–H and O–H groups in total. The summed E-state index contributed by atoms with van der Waals surface area (Å²) in [5.41, 5.74) is 9.05. The summed E-state index contributed by atoms with van der Waals surface area (Å²) in [4.78, 5) is 57.6. The van der Waals surface area contributed by atoms with Crippen molar-refractivity contribution in [1.29, 1.82) is 0 Å². The molecule has 56 heavy (non-hydrogen) atoms. The predicted molar refractivity (Wildman–Crippen MR) is 223 cm³/mol. The summed E-state index contributed by atoms with van der Waals surface area (Å²) < 4.78 is 8.92. The molecular weight excluding hydrogens is 709 g/mol. The summed E-state index contributed by atoms with van der Waals surface area (Å²) in [6.07, 6.45) is 8.15. The van der Waals surface area contributed by atoms with Crippen molar-refractivity contribution in [2.75, 3.05) is 46.9 Å². The molecule has 4 aromatic rings. The van der Waals surface area contributed by atoms with E-state index in [2.05, 4.69) is 125 Å². The van der Waals surface area contributed by atoms with Crippen LogP contribution in [0.15, 0.2) is 71.7 Å². The van der Waals surface area contributed by atoms with E-state index >= 15 is 0 Å². The molecule has 12 nitrogen and oxygen atoms in total. The number of aliphatic imine (C=N–C) groups is 1. The minimum absolute atomic E-state index is 0.0289. The number of carbonyl (C=O) groups is 4. The first-order valence-corrected chi connectivity index (χ1v) is 19.8. The molecule has 0 saturated carbocycles. The summed E-state index contributed by atoms with van der Waals surface area (Å²) in [6.45, 7) is 10.8. The number of amides is 4. The fraction of sp³-hybridized carbons (Fsp3) is 0.432. The van der Waals surface area contributed by atoms with Crippen molar-refractivity contribution in [1.82, 2.24) is 25.4 Å². The van der Waals surface area contributed by atoms with Crippen LogP contribution in [0.2, 0.25) is 0 Å². The van der Waals surface area contributed by atoms with Gasteiger partial charge in [0.25, 0.3) is 0 Å². The van der Waals surface area contributed by atoms with Crippen molar-refractivity contribution in [3.05, 3.63) is 78.0 Å². The van der Waals surface area contributed by atoms with Gasteiger partial charge in [0.05, 0.1) is 25.9 Å². The summed E-state index contributed by atoms with van der Waals surface area (Å²) in [5.74, 6) is -0.148. The molecule has 0 radical (unpaired) electrons. The summed E-state index contributed by atoms with van der Waals surface area (Å²) >= 11 is 0. The first-order valence-electron chi connectivity index (χ1n) is 19.8. The standard InChI is InChI=1S/C30H28N4O3.C8H14N2O3.2C3H8/c1-37-30(36)32-18-29(35)34-14-2-3-28(34)27-17-24-15-22(10-11-25(24)33-27)19-4-6-20(7-5-19)23-9-8-21-12-13-31-26(21)16-23;1-13-8(12)9-6-7(11)10-4-2-3-5-10;2*1-3-2/h4-11,13,15-17,28,33H,2-3,12,14,18H2,1H3,(H,32,36);2-6H2,1H3,(H,9,12);2*3H2,1-2H3. The largest absolute Gasteiger partial charge is 0.453 e. The van der Waals surface area contributed by atoms with Crippen molar-refractivity contribution in [3.63, 3.8) is 0 Å². The smallest absolute Gasteiger partial charge is 0.407 e. The Morgan fingerprint density at radius 2 is 1.27 bits per heavy atom. The zero-order valence-corrected chi connectivity index (χ0v) is 33.8. The lowest BCUT2D eigenvalue weighted by molar-refractivity contribution is -0.131. The predicted octanol–water partition coefficient (Wildman–Crippen LogP) is 8.58. The van der Waals surface area contributed by atoms with E-state index in [1.807, 2.05) is 11.1 Å². The molecule has 2 saturated heterocycles. The Hall–Kier alpha value is -5.65. The highest BCUT2D eigenvalue weighted by Crippen LogP contribution is 2.35. The van der Waals surface area contributed by atoms with Crippen molar-refractivity contribution in [3.8, 4) is 22.3 Å². The van der Waals surface area contributed by atoms with Crippen LogP contribution in [0.5, 0.6) is 0 Å². The van der Waals surface area contributed by atoms with E-state index in [1.165, 1.54) is 43.8 Å². The van der Waals surface area contributed by atoms with Crippen LogP contribution in [0.25, 0.3) is 33.2 Å². The van der Waals surface area contributed by atoms with Gasteiger partial charge in [-0.1, -0.05) is 83.0 Å². The molecule has 1 atom stereocenters. The molecule has 7 rings (SSSR count). The van der Waals surface area contributed by atoms with Crippen LogP contribution in [0.4, 0.5) is 15.3 Å². The number of carbonyl (C=O) groups excluding carboxylic acids is 4. The van der Waals surface area contributed by atoms with E-state index in [4.69, 9.17) is 0 Å². The quantitative estimate of drug-likeness (QED) is 0.172. The maximum Gasteiger partial charge on any atom is 0.407 e. The number of hydrogen-bond donors (Lipinski definition) is 3. The van der Waals surface area contributed by atoms with Gasteiger partial charge in [-0.2, -0.15) is 0 Å². The van der Waals surface area contributed by atoms with Gasteiger partial charge >= 0.3 is 12.2 Å². The van der Waals surface area contributed by atoms with Crippen LogP contribution in [0.3, 0.4) is 0 Å². The van der Waals surface area contributed by atoms with Gasteiger partial charge in [0.15, 0.2) is 0 Å². The molecule has 300 valence electrons. The topological polar surface area (TPSA) is 145 Å². The van der Waals surface area contributed by atoms with Crippen molar-refractivity contribution in [2.24, 2.45) is 4.99 Å². The molecule has 0 aliphatic carbocycles. The second-order valence-electron chi connectivity index (χ2n) is 13.9. The molecule has 3 aromatic carbocycles. The van der Waals surface area contributed by atoms with Crippen LogP contribution < -0.4 is 10.6 Å². The van der Waals surface area contributed by atoms with E-state index < -0.39 is 12.2 Å². The lowest BCUT2D eigenvalue weighted by Gasteiger charge is -2.24. The minimum atomic E-state index is -0.600. The number of hydrogen-bond acceptors (Lipinski definition) is 7. The maximum absolute atomic E-state index is 12.7. The highest BCUT2D eigenvalue weighted by atomic mass is 16.5. The zero-order valence-electron chi connectivity index (χ0n) is 33.8. The van der Waals surface area contributed by atoms with Gasteiger partial charge in [0.1, 0.15) is 13.1 Å². The third-order valence-electron chi connectivity index (χ3n) is 9.35. The molecule has 4 amide bonds. The van der Waals surface area contributed by atoms with Gasteiger partial charge in [0, 0.05) is 48.9 Å². The Kier molecular flexibility index (Phi) is 17.0. The number of nitrogens with zero attached hydrogens (tertiary/aromatic N) is 3. The molecular formula is C44H58N6O6. The Labute approximate surface area is 331 Å². The fourth-order valence-corrected chi connectivity index (χ4v) is 6.66. The Bertz CT molecular complexity index is 1930. The molecule has 1 aromatic heterocycles. The van der Waals surface area contributed by atoms with Gasteiger partial charge < -0.3 is 34.9 Å². The van der Waals surface area contributed by atoms with Gasteiger partial charge in [-0.05, 0) is 77.8 Å². The molecule has 4 heterocycles. The van der Waals surface area contributed by atoms with E-state index in [1.54, 1.807) is 4.90 Å². The number of aromatic amines is 1. The Morgan fingerprint density at radius 1 is 0.714 bits per heavy atom. The second kappa shape index (κ2) is 22.0. The van der Waals surface area contributed by atoms with Crippen molar-refractivity contribution >= 4 is 46.8 Å². The van der Waals surface area contributed by atoms with E-state index in [9.17, 15) is 19.2 Å². The summed E-state index contributed by atoms with van der Waals surface area (Å²) in [5, 5.41) is 5.96. The first-order chi connectivity index (χ1) is 27.1. The number of methoxy groups -OCH3 is 2. The number of likely N-dealkylation sites (tertiary alicyclic amines) is 2. The molecule has 0 spiro atoms. The number of alkyl carbamates (subject to hydrolysis) is 2. The van der Waals surface area contributed by atoms with E-state index in [0.29, 0.717) is 6.54 Å². The first kappa shape index (κ1) is 43.1. The second-order valence-corrected chi connectivity index (χ2v) is 13.9. The van der Waals surface area contributed by atoms with Crippen LogP contribution in [0, 0.1) is 0 Å². The van der Waals surface area contributed by atoms with Crippen LogP contribution >= 0.6 is 0 Å². The highest BCUT2D eigenvalue weighted by Gasteiger charge is 2.31. The SMILES string of the molecule is CCC.CCC.COC(=O)NCC(=O)N1CCCC1.COC(=O)NCC(=O)N1CCCC1c1cc2cc(-c3ccc(-c4ccc5c(c4)N=CC5)cc3)ccc2[nH]1. The molecule has 1 unspecified atom stereocenters. The van der Waals surface area contributed by atoms with E-state index in [-0.39, 0.29) is 30.9 Å². The number of benzene rings is 3. The van der Waals surface area contributed by atoms with E-state index in [0.717, 1.165) is 78.6 Å². The average molecular weight is 767 g/mol. The van der Waals surface area contributed by atoms with Crippen molar-refractivity contribution in [2.45, 2.75) is 78.7 Å². The van der Waals surface area contributed by atoms with Gasteiger partial charge in [-0.15, -0.1) is 0 Å². The van der Waals surface area contributed by atoms with Crippen LogP contribution in [-0.2, 0) is 25.5 Å². The van der Waals surface area contributed by atoms with Crippen LogP contribution in [-0.4, -0.2) is 91.9 Å². The number of nitrogens with one attached hydrogen (secondary N) is 3. The minimum Gasteiger partial charge on any atom is -0.453 e. The lowest BCUT2D eigenvalue weighted by Crippen LogP contribution is -2.39.